The summed E-state index contributed by atoms with van der Waals surface area (Å²) in [4.78, 5) is 7.21. The predicted molar refractivity (Wildman–Crippen MR) is 210 cm³/mol. The van der Waals surface area contributed by atoms with Gasteiger partial charge in [0.15, 0.2) is 5.58 Å². The highest BCUT2D eigenvalue weighted by Gasteiger charge is 2.20. The van der Waals surface area contributed by atoms with Crippen molar-refractivity contribution in [1.82, 2.24) is 4.98 Å². The summed E-state index contributed by atoms with van der Waals surface area (Å²) in [7, 11) is 0. The molecule has 2 aromatic heterocycles. The first-order chi connectivity index (χ1) is 25.3. The SMILES string of the molecule is c1ccc(-c2ccccc2N(c2ccc(-c3cccc4nc(-c5ccc6ccccc6c5)oc34)cc2)c2ccc3c(c2)oc2ccccc23)cc1. The number of para-hydroxylation sites is 3. The summed E-state index contributed by atoms with van der Waals surface area (Å²) in [6, 6.07) is 63.3. The van der Waals surface area contributed by atoms with E-state index in [1.165, 1.54) is 5.39 Å². The van der Waals surface area contributed by atoms with Crippen molar-refractivity contribution in [2.45, 2.75) is 0 Å². The maximum atomic E-state index is 6.50. The summed E-state index contributed by atoms with van der Waals surface area (Å²) in [5.74, 6) is 0.615. The number of benzene rings is 8. The van der Waals surface area contributed by atoms with Crippen LogP contribution in [-0.2, 0) is 0 Å². The van der Waals surface area contributed by atoms with Crippen LogP contribution in [0.4, 0.5) is 17.1 Å². The Morgan fingerprint density at radius 3 is 2.00 bits per heavy atom. The molecule has 10 rings (SSSR count). The first-order valence-electron chi connectivity index (χ1n) is 17.1. The lowest BCUT2D eigenvalue weighted by Gasteiger charge is -2.28. The number of hydrogen-bond donors (Lipinski definition) is 0. The van der Waals surface area contributed by atoms with Crippen LogP contribution in [0.15, 0.2) is 191 Å². The summed E-state index contributed by atoms with van der Waals surface area (Å²) < 4.78 is 12.9. The largest absolute Gasteiger partial charge is 0.456 e. The van der Waals surface area contributed by atoms with Gasteiger partial charge in [-0.15, -0.1) is 0 Å². The minimum atomic E-state index is 0.615. The summed E-state index contributed by atoms with van der Waals surface area (Å²) >= 11 is 0. The molecule has 0 fully saturated rings. The second-order valence-corrected chi connectivity index (χ2v) is 12.8. The van der Waals surface area contributed by atoms with Crippen molar-refractivity contribution in [1.29, 1.82) is 0 Å². The maximum absolute atomic E-state index is 6.50. The molecule has 0 radical (unpaired) electrons. The molecule has 51 heavy (non-hydrogen) atoms. The molecule has 2 heterocycles. The molecule has 0 aliphatic carbocycles. The number of nitrogens with zero attached hydrogens (tertiary/aromatic N) is 2. The number of rotatable bonds is 6. The zero-order chi connectivity index (χ0) is 33.7. The standard InChI is InChI=1S/C47H30N2O2/c1-2-12-32(13-3-1)38-15-6-8-19-43(38)49(37-27-28-41-40-16-7-9-20-44(40)50-45(41)30-37)36-25-23-33(24-26-36)39-17-10-18-42-46(39)51-47(48-42)35-22-21-31-11-4-5-14-34(31)29-35/h1-30H. The van der Waals surface area contributed by atoms with Gasteiger partial charge in [-0.2, -0.15) is 0 Å². The molecular weight excluding hydrogens is 625 g/mol. The van der Waals surface area contributed by atoms with Gasteiger partial charge >= 0.3 is 0 Å². The van der Waals surface area contributed by atoms with Crippen molar-refractivity contribution < 1.29 is 8.83 Å². The van der Waals surface area contributed by atoms with Gasteiger partial charge < -0.3 is 13.7 Å². The van der Waals surface area contributed by atoms with E-state index >= 15 is 0 Å². The van der Waals surface area contributed by atoms with Gasteiger partial charge in [0, 0.05) is 44.9 Å². The zero-order valence-corrected chi connectivity index (χ0v) is 27.5. The Morgan fingerprint density at radius 1 is 0.412 bits per heavy atom. The molecule has 0 saturated heterocycles. The van der Waals surface area contributed by atoms with Crippen LogP contribution in [0.2, 0.25) is 0 Å². The van der Waals surface area contributed by atoms with Crippen molar-refractivity contribution in [3.8, 4) is 33.7 Å². The van der Waals surface area contributed by atoms with E-state index in [1.807, 2.05) is 24.3 Å². The monoisotopic (exact) mass is 654 g/mol. The molecule has 0 atom stereocenters. The van der Waals surface area contributed by atoms with E-state index in [4.69, 9.17) is 13.8 Å². The minimum absolute atomic E-state index is 0.615. The highest BCUT2D eigenvalue weighted by atomic mass is 16.3. The summed E-state index contributed by atoms with van der Waals surface area (Å²) in [6.45, 7) is 0. The Balaban J connectivity index is 1.09. The van der Waals surface area contributed by atoms with Crippen molar-refractivity contribution in [3.63, 3.8) is 0 Å². The first-order valence-corrected chi connectivity index (χ1v) is 17.1. The predicted octanol–water partition coefficient (Wildman–Crippen LogP) is 13.4. The fraction of sp³-hybridized carbons (Fsp3) is 0. The number of oxazole rings is 1. The second kappa shape index (κ2) is 11.9. The van der Waals surface area contributed by atoms with Crippen molar-refractivity contribution in [2.24, 2.45) is 0 Å². The molecule has 0 aliphatic heterocycles. The molecule has 240 valence electrons. The van der Waals surface area contributed by atoms with E-state index in [0.29, 0.717) is 5.89 Å². The zero-order valence-electron chi connectivity index (χ0n) is 27.5. The molecule has 4 nitrogen and oxygen atoms in total. The molecule has 4 heteroatoms. The summed E-state index contributed by atoms with van der Waals surface area (Å²) in [5.41, 5.74) is 11.7. The van der Waals surface area contributed by atoms with Gasteiger partial charge in [0.2, 0.25) is 5.89 Å². The van der Waals surface area contributed by atoms with Crippen LogP contribution in [-0.4, -0.2) is 4.98 Å². The molecule has 0 unspecified atom stereocenters. The Labute approximate surface area is 294 Å². The van der Waals surface area contributed by atoms with Crippen LogP contribution in [0.1, 0.15) is 0 Å². The van der Waals surface area contributed by atoms with Crippen molar-refractivity contribution in [3.05, 3.63) is 182 Å². The van der Waals surface area contributed by atoms with Crippen LogP contribution in [0.5, 0.6) is 0 Å². The maximum Gasteiger partial charge on any atom is 0.227 e. The fourth-order valence-corrected chi connectivity index (χ4v) is 7.22. The molecule has 10 aromatic rings. The highest BCUT2D eigenvalue weighted by molar-refractivity contribution is 6.06. The van der Waals surface area contributed by atoms with Gasteiger partial charge in [0.05, 0.1) is 5.69 Å². The van der Waals surface area contributed by atoms with Gasteiger partial charge in [-0.1, -0.05) is 121 Å². The Morgan fingerprint density at radius 2 is 1.10 bits per heavy atom. The van der Waals surface area contributed by atoms with Crippen LogP contribution in [0, 0.1) is 0 Å². The fourth-order valence-electron chi connectivity index (χ4n) is 7.22. The highest BCUT2D eigenvalue weighted by Crippen LogP contribution is 2.43. The van der Waals surface area contributed by atoms with Gasteiger partial charge in [0.25, 0.3) is 0 Å². The van der Waals surface area contributed by atoms with Crippen LogP contribution in [0.25, 0.3) is 77.5 Å². The topological polar surface area (TPSA) is 42.4 Å². The van der Waals surface area contributed by atoms with Crippen molar-refractivity contribution in [2.75, 3.05) is 4.90 Å². The van der Waals surface area contributed by atoms with Gasteiger partial charge in [-0.25, -0.2) is 4.98 Å². The lowest BCUT2D eigenvalue weighted by molar-refractivity contribution is 0.621. The van der Waals surface area contributed by atoms with E-state index in [2.05, 4.69) is 163 Å². The Kier molecular flexibility index (Phi) is 6.78. The number of aromatic nitrogens is 1. The van der Waals surface area contributed by atoms with Gasteiger partial charge in [0.1, 0.15) is 16.7 Å². The van der Waals surface area contributed by atoms with Crippen LogP contribution in [0.3, 0.4) is 0 Å². The van der Waals surface area contributed by atoms with E-state index in [0.717, 1.165) is 83.3 Å². The van der Waals surface area contributed by atoms with E-state index in [-0.39, 0.29) is 0 Å². The third-order valence-electron chi connectivity index (χ3n) is 9.70. The lowest BCUT2D eigenvalue weighted by Crippen LogP contribution is -2.11. The van der Waals surface area contributed by atoms with E-state index in [9.17, 15) is 0 Å². The molecule has 0 spiro atoms. The smallest absolute Gasteiger partial charge is 0.227 e. The first kappa shape index (κ1) is 29.0. The lowest BCUT2D eigenvalue weighted by atomic mass is 10.0. The molecular formula is C47H30N2O2. The van der Waals surface area contributed by atoms with Gasteiger partial charge in [-0.05, 0) is 76.5 Å². The van der Waals surface area contributed by atoms with E-state index in [1.54, 1.807) is 0 Å². The Hall–Kier alpha value is -6.91. The van der Waals surface area contributed by atoms with Crippen LogP contribution < -0.4 is 4.90 Å². The summed E-state index contributed by atoms with van der Waals surface area (Å²) in [5, 5.41) is 4.57. The molecule has 0 amide bonds. The number of anilines is 3. The Bertz CT molecular complexity index is 2870. The average Bonchev–Trinajstić information content (AvgIpc) is 3.81. The molecule has 0 N–H and O–H groups in total. The summed E-state index contributed by atoms with van der Waals surface area (Å²) in [6.07, 6.45) is 0. The third-order valence-corrected chi connectivity index (χ3v) is 9.70. The molecule has 0 saturated carbocycles. The third kappa shape index (κ3) is 5.04. The van der Waals surface area contributed by atoms with E-state index < -0.39 is 0 Å². The molecule has 0 aliphatic rings. The minimum Gasteiger partial charge on any atom is -0.456 e. The number of fused-ring (bicyclic) bond motifs is 5. The second-order valence-electron chi connectivity index (χ2n) is 12.8. The normalized spacial score (nSPS) is 11.5. The quantitative estimate of drug-likeness (QED) is 0.179. The average molecular weight is 655 g/mol. The number of furan rings is 1. The molecule has 0 bridgehead atoms. The van der Waals surface area contributed by atoms with Crippen molar-refractivity contribution >= 4 is 60.9 Å². The van der Waals surface area contributed by atoms with Gasteiger partial charge in [-0.3, -0.25) is 0 Å². The number of hydrogen-bond acceptors (Lipinski definition) is 4. The molecule has 8 aromatic carbocycles. The van der Waals surface area contributed by atoms with Crippen LogP contribution >= 0.6 is 0 Å².